The van der Waals surface area contributed by atoms with Crippen LogP contribution in [0.3, 0.4) is 0 Å². The Morgan fingerprint density at radius 2 is 1.52 bits per heavy atom. The van der Waals surface area contributed by atoms with Crippen LogP contribution in [0.1, 0.15) is 21.5 Å². The van der Waals surface area contributed by atoms with Gasteiger partial charge in [0, 0.05) is 17.2 Å². The third kappa shape index (κ3) is 3.22. The summed E-state index contributed by atoms with van der Waals surface area (Å²) in [6.07, 6.45) is 2.98. The predicted molar refractivity (Wildman–Crippen MR) is 95.4 cm³/mol. The summed E-state index contributed by atoms with van der Waals surface area (Å²) in [6, 6.07) is 20.6. The molecule has 0 aromatic heterocycles. The second-order valence-electron chi connectivity index (χ2n) is 5.28. The van der Waals surface area contributed by atoms with E-state index in [2.05, 4.69) is 6.58 Å². The number of aliphatic hydroxyl groups excluding tert-OH is 1. The van der Waals surface area contributed by atoms with Crippen LogP contribution in [0.25, 0.3) is 22.6 Å². The molecule has 0 aliphatic carbocycles. The molecule has 0 radical (unpaired) electrons. The minimum absolute atomic E-state index is 0.0428. The number of allylic oxidation sites excluding steroid dienone is 1. The van der Waals surface area contributed by atoms with Crippen molar-refractivity contribution in [2.75, 3.05) is 0 Å². The number of aliphatic hydroxyl groups is 1. The Morgan fingerprint density at radius 3 is 2.22 bits per heavy atom. The molecule has 3 rings (SSSR count). The van der Waals surface area contributed by atoms with Crippen LogP contribution in [-0.4, -0.2) is 10.9 Å². The maximum atomic E-state index is 12.3. The van der Waals surface area contributed by atoms with Crippen LogP contribution in [0, 0.1) is 0 Å². The van der Waals surface area contributed by atoms with Crippen LogP contribution in [0.2, 0.25) is 0 Å². The second-order valence-corrected chi connectivity index (χ2v) is 5.28. The van der Waals surface area contributed by atoms with Crippen molar-refractivity contribution in [3.63, 3.8) is 0 Å². The zero-order valence-corrected chi connectivity index (χ0v) is 12.6. The van der Waals surface area contributed by atoms with Crippen molar-refractivity contribution in [1.29, 1.82) is 0 Å². The molecule has 0 bridgehead atoms. The van der Waals surface area contributed by atoms with Gasteiger partial charge in [-0.05, 0) is 22.4 Å². The van der Waals surface area contributed by atoms with Gasteiger partial charge in [-0.15, -0.1) is 0 Å². The van der Waals surface area contributed by atoms with E-state index >= 15 is 0 Å². The minimum atomic E-state index is -0.221. The van der Waals surface area contributed by atoms with E-state index in [0.717, 1.165) is 16.3 Å². The molecule has 0 saturated carbocycles. The summed E-state index contributed by atoms with van der Waals surface area (Å²) < 4.78 is 0. The van der Waals surface area contributed by atoms with Crippen LogP contribution >= 0.6 is 0 Å². The smallest absolute Gasteiger partial charge is 0.189 e. The molecular formula is C21H16O2. The highest BCUT2D eigenvalue weighted by Crippen LogP contribution is 2.18. The zero-order valence-electron chi connectivity index (χ0n) is 12.6. The fourth-order valence-electron chi connectivity index (χ4n) is 2.42. The fraction of sp³-hybridized carbons (Fsp3) is 0. The highest BCUT2D eigenvalue weighted by Gasteiger charge is 2.07. The molecule has 0 atom stereocenters. The Bertz CT molecular complexity index is 903. The van der Waals surface area contributed by atoms with Gasteiger partial charge in [0.05, 0.1) is 0 Å². The van der Waals surface area contributed by atoms with Gasteiger partial charge in [0.15, 0.2) is 5.78 Å². The second kappa shape index (κ2) is 6.32. The molecule has 1 N–H and O–H groups in total. The van der Waals surface area contributed by atoms with Crippen LogP contribution in [0.5, 0.6) is 0 Å². The van der Waals surface area contributed by atoms with Gasteiger partial charge < -0.3 is 5.11 Å². The van der Waals surface area contributed by atoms with Crippen LogP contribution < -0.4 is 0 Å². The Hall–Kier alpha value is -3.13. The molecule has 2 heteroatoms. The highest BCUT2D eigenvalue weighted by molar-refractivity contribution is 6.09. The summed E-state index contributed by atoms with van der Waals surface area (Å²) in [6.45, 7) is 3.69. The average molecular weight is 300 g/mol. The molecule has 112 valence electrons. The van der Waals surface area contributed by atoms with Crippen molar-refractivity contribution in [2.45, 2.75) is 0 Å². The van der Waals surface area contributed by atoms with E-state index in [-0.39, 0.29) is 11.5 Å². The summed E-state index contributed by atoms with van der Waals surface area (Å²) >= 11 is 0. The van der Waals surface area contributed by atoms with Gasteiger partial charge in [-0.3, -0.25) is 4.79 Å². The Kier molecular flexibility index (Phi) is 4.07. The number of fused-ring (bicyclic) bond motifs is 1. The lowest BCUT2D eigenvalue weighted by atomic mass is 10.0. The average Bonchev–Trinajstić information content (AvgIpc) is 2.61. The lowest BCUT2D eigenvalue weighted by Gasteiger charge is -2.03. The van der Waals surface area contributed by atoms with Gasteiger partial charge in [-0.25, -0.2) is 0 Å². The van der Waals surface area contributed by atoms with E-state index < -0.39 is 0 Å². The van der Waals surface area contributed by atoms with Crippen molar-refractivity contribution < 1.29 is 9.90 Å². The van der Waals surface area contributed by atoms with Gasteiger partial charge in [0.2, 0.25) is 0 Å². The first kappa shape index (κ1) is 14.8. The van der Waals surface area contributed by atoms with Crippen LogP contribution in [0.15, 0.2) is 79.4 Å². The highest BCUT2D eigenvalue weighted by atomic mass is 16.3. The first-order valence-corrected chi connectivity index (χ1v) is 7.34. The number of carbonyl (C=O) groups is 1. The Morgan fingerprint density at radius 1 is 0.870 bits per heavy atom. The molecule has 0 saturated heterocycles. The van der Waals surface area contributed by atoms with E-state index in [1.165, 1.54) is 6.08 Å². The third-order valence-corrected chi connectivity index (χ3v) is 3.74. The van der Waals surface area contributed by atoms with E-state index in [1.807, 2.05) is 48.5 Å². The maximum absolute atomic E-state index is 12.3. The van der Waals surface area contributed by atoms with E-state index in [9.17, 15) is 9.90 Å². The quantitative estimate of drug-likeness (QED) is 0.405. The minimum Gasteiger partial charge on any atom is -0.507 e. The lowest BCUT2D eigenvalue weighted by molar-refractivity contribution is 0.104. The molecule has 2 nitrogen and oxygen atoms in total. The first-order chi connectivity index (χ1) is 11.2. The zero-order chi connectivity index (χ0) is 16.2. The van der Waals surface area contributed by atoms with E-state index in [0.29, 0.717) is 11.1 Å². The van der Waals surface area contributed by atoms with Gasteiger partial charge in [-0.2, -0.15) is 0 Å². The van der Waals surface area contributed by atoms with E-state index in [1.54, 1.807) is 24.3 Å². The molecule has 0 heterocycles. The summed E-state index contributed by atoms with van der Waals surface area (Å²) in [5.41, 5.74) is 2.12. The summed E-state index contributed by atoms with van der Waals surface area (Å²) in [4.78, 5) is 12.3. The van der Waals surface area contributed by atoms with E-state index in [4.69, 9.17) is 0 Å². The summed E-state index contributed by atoms with van der Waals surface area (Å²) in [5, 5.41) is 12.2. The summed E-state index contributed by atoms with van der Waals surface area (Å²) in [5.74, 6) is -0.264. The lowest BCUT2D eigenvalue weighted by Crippen LogP contribution is -1.96. The van der Waals surface area contributed by atoms with Gasteiger partial charge >= 0.3 is 0 Å². The number of carbonyl (C=O) groups excluding carboxylic acids is 1. The number of hydrogen-bond acceptors (Lipinski definition) is 2. The fourth-order valence-corrected chi connectivity index (χ4v) is 2.42. The molecule has 23 heavy (non-hydrogen) atoms. The van der Waals surface area contributed by atoms with Crippen molar-refractivity contribution in [3.05, 3.63) is 96.1 Å². The molecule has 3 aromatic rings. The third-order valence-electron chi connectivity index (χ3n) is 3.74. The largest absolute Gasteiger partial charge is 0.507 e. The monoisotopic (exact) mass is 300 g/mol. The maximum Gasteiger partial charge on any atom is 0.189 e. The number of rotatable bonds is 4. The topological polar surface area (TPSA) is 37.3 Å². The van der Waals surface area contributed by atoms with Crippen molar-refractivity contribution in [3.8, 4) is 0 Å². The van der Waals surface area contributed by atoms with Crippen LogP contribution in [0.4, 0.5) is 0 Å². The molecule has 0 amide bonds. The van der Waals surface area contributed by atoms with Gasteiger partial charge in [0.25, 0.3) is 0 Å². The van der Waals surface area contributed by atoms with Crippen molar-refractivity contribution in [1.82, 2.24) is 0 Å². The number of benzene rings is 3. The SMILES string of the molecule is C=Cc1ccc(/C(O)=C/C(=O)c2ccc3ccccc3c2)cc1. The molecule has 3 aromatic carbocycles. The molecule has 0 fully saturated rings. The van der Waals surface area contributed by atoms with Gasteiger partial charge in [-0.1, -0.05) is 73.3 Å². The number of hydrogen-bond donors (Lipinski definition) is 1. The molecular weight excluding hydrogens is 284 g/mol. The molecule has 0 aliphatic heterocycles. The standard InChI is InChI=1S/C21H16O2/c1-2-15-7-9-17(10-8-15)20(22)14-21(23)19-12-11-16-5-3-4-6-18(16)13-19/h2-14,22H,1H2/b20-14-. The number of ketones is 1. The predicted octanol–water partition coefficient (Wildman–Crippen LogP) is 5.26. The normalized spacial score (nSPS) is 11.4. The molecule has 0 unspecified atom stereocenters. The summed E-state index contributed by atoms with van der Waals surface area (Å²) in [7, 11) is 0. The van der Waals surface area contributed by atoms with Crippen molar-refractivity contribution in [2.24, 2.45) is 0 Å². The van der Waals surface area contributed by atoms with Crippen molar-refractivity contribution >= 4 is 28.4 Å². The molecule has 0 aliphatic rings. The Labute approximate surface area is 135 Å². The van der Waals surface area contributed by atoms with Crippen LogP contribution in [-0.2, 0) is 0 Å². The van der Waals surface area contributed by atoms with Gasteiger partial charge in [0.1, 0.15) is 5.76 Å². The Balaban J connectivity index is 1.89. The molecule has 0 spiro atoms. The first-order valence-electron chi connectivity index (χ1n) is 7.34.